The summed E-state index contributed by atoms with van der Waals surface area (Å²) >= 11 is 0. The number of ether oxygens (including phenoxy) is 2. The van der Waals surface area contributed by atoms with E-state index in [1.54, 1.807) is 48.5 Å². The lowest BCUT2D eigenvalue weighted by Crippen LogP contribution is -2.46. The van der Waals surface area contributed by atoms with E-state index in [2.05, 4.69) is 5.32 Å². The number of likely N-dealkylation sites (tertiary alicyclic amines) is 1. The Bertz CT molecular complexity index is 912. The number of ketones is 1. The normalized spacial score (nSPS) is 18.1. The fourth-order valence-electron chi connectivity index (χ4n) is 3.51. The maximum Gasteiger partial charge on any atom is 0.257 e. The summed E-state index contributed by atoms with van der Waals surface area (Å²) in [5, 5.41) is 2.45. The first kappa shape index (κ1) is 18.2. The van der Waals surface area contributed by atoms with Crippen LogP contribution in [0.25, 0.3) is 0 Å². The van der Waals surface area contributed by atoms with Crippen LogP contribution in [-0.2, 0) is 4.79 Å². The molecule has 2 aromatic carbocycles. The SMILES string of the molecule is O=C(CN1CCC[C@H]1C(=O)NC(=O)c1ccccc1)c1ccc2c(c1)OCO2. The van der Waals surface area contributed by atoms with Crippen molar-refractivity contribution < 1.29 is 23.9 Å². The van der Waals surface area contributed by atoms with Crippen LogP contribution in [0, 0.1) is 0 Å². The zero-order chi connectivity index (χ0) is 19.5. The Balaban J connectivity index is 1.39. The van der Waals surface area contributed by atoms with Crippen molar-refractivity contribution in [2.24, 2.45) is 0 Å². The Morgan fingerprint density at radius 2 is 1.79 bits per heavy atom. The third-order valence-electron chi connectivity index (χ3n) is 4.98. The van der Waals surface area contributed by atoms with Gasteiger partial charge in [0.2, 0.25) is 12.7 Å². The van der Waals surface area contributed by atoms with E-state index < -0.39 is 11.9 Å². The second kappa shape index (κ2) is 7.82. The smallest absolute Gasteiger partial charge is 0.257 e. The molecule has 0 radical (unpaired) electrons. The average molecular weight is 380 g/mol. The lowest BCUT2D eigenvalue weighted by molar-refractivity contribution is -0.124. The third-order valence-corrected chi connectivity index (χ3v) is 4.98. The highest BCUT2D eigenvalue weighted by Crippen LogP contribution is 2.32. The molecule has 7 heteroatoms. The van der Waals surface area contributed by atoms with Gasteiger partial charge in [-0.15, -0.1) is 0 Å². The van der Waals surface area contributed by atoms with E-state index in [-0.39, 0.29) is 25.0 Å². The fourth-order valence-corrected chi connectivity index (χ4v) is 3.51. The van der Waals surface area contributed by atoms with Crippen molar-refractivity contribution in [1.29, 1.82) is 0 Å². The Morgan fingerprint density at radius 3 is 2.61 bits per heavy atom. The summed E-state index contributed by atoms with van der Waals surface area (Å²) in [5.74, 6) is 0.265. The maximum atomic E-state index is 12.7. The Kier molecular flexibility index (Phi) is 5.08. The van der Waals surface area contributed by atoms with Crippen molar-refractivity contribution in [3.8, 4) is 11.5 Å². The van der Waals surface area contributed by atoms with E-state index in [1.165, 1.54) is 0 Å². The monoisotopic (exact) mass is 380 g/mol. The quantitative estimate of drug-likeness (QED) is 0.631. The number of hydrogen-bond donors (Lipinski definition) is 1. The largest absolute Gasteiger partial charge is 0.454 e. The van der Waals surface area contributed by atoms with Gasteiger partial charge in [0.25, 0.3) is 5.91 Å². The van der Waals surface area contributed by atoms with Gasteiger partial charge in [0.15, 0.2) is 17.3 Å². The van der Waals surface area contributed by atoms with Crippen molar-refractivity contribution >= 4 is 17.6 Å². The van der Waals surface area contributed by atoms with Crippen LogP contribution in [-0.4, -0.2) is 48.4 Å². The summed E-state index contributed by atoms with van der Waals surface area (Å²) in [7, 11) is 0. The number of benzene rings is 2. The molecule has 0 unspecified atom stereocenters. The Labute approximate surface area is 162 Å². The van der Waals surface area contributed by atoms with Gasteiger partial charge in [-0.3, -0.25) is 24.6 Å². The Morgan fingerprint density at radius 1 is 1.00 bits per heavy atom. The molecule has 2 aromatic rings. The van der Waals surface area contributed by atoms with Crippen LogP contribution >= 0.6 is 0 Å². The molecule has 4 rings (SSSR count). The average Bonchev–Trinajstić information content (AvgIpc) is 3.37. The van der Waals surface area contributed by atoms with Gasteiger partial charge in [-0.25, -0.2) is 0 Å². The molecule has 0 aliphatic carbocycles. The molecule has 0 bridgehead atoms. The maximum absolute atomic E-state index is 12.7. The van der Waals surface area contributed by atoms with Gasteiger partial charge in [0.05, 0.1) is 12.6 Å². The molecule has 2 amide bonds. The van der Waals surface area contributed by atoms with Gasteiger partial charge in [-0.1, -0.05) is 18.2 Å². The van der Waals surface area contributed by atoms with E-state index in [0.29, 0.717) is 35.6 Å². The highest BCUT2D eigenvalue weighted by molar-refractivity contribution is 6.06. The highest BCUT2D eigenvalue weighted by atomic mass is 16.7. The number of rotatable bonds is 5. The molecular weight excluding hydrogens is 360 g/mol. The minimum absolute atomic E-state index is 0.104. The van der Waals surface area contributed by atoms with Gasteiger partial charge in [-0.2, -0.15) is 0 Å². The summed E-state index contributed by atoms with van der Waals surface area (Å²) in [6.45, 7) is 0.891. The van der Waals surface area contributed by atoms with E-state index in [0.717, 1.165) is 6.42 Å². The topological polar surface area (TPSA) is 84.9 Å². The molecule has 1 saturated heterocycles. The molecule has 1 N–H and O–H groups in total. The van der Waals surface area contributed by atoms with Crippen LogP contribution in [0.2, 0.25) is 0 Å². The number of carbonyl (C=O) groups is 3. The van der Waals surface area contributed by atoms with Gasteiger partial charge in [0, 0.05) is 11.1 Å². The number of amides is 2. The molecule has 1 atom stereocenters. The van der Waals surface area contributed by atoms with Crippen molar-refractivity contribution in [3.05, 3.63) is 59.7 Å². The van der Waals surface area contributed by atoms with Gasteiger partial charge < -0.3 is 9.47 Å². The minimum Gasteiger partial charge on any atom is -0.454 e. The number of fused-ring (bicyclic) bond motifs is 1. The predicted octanol–water partition coefficient (Wildman–Crippen LogP) is 2.02. The van der Waals surface area contributed by atoms with Gasteiger partial charge in [-0.05, 0) is 49.7 Å². The number of imide groups is 1. The van der Waals surface area contributed by atoms with Crippen LogP contribution in [0.1, 0.15) is 33.6 Å². The molecule has 7 nitrogen and oxygen atoms in total. The Hall–Kier alpha value is -3.19. The number of nitrogens with one attached hydrogen (secondary N) is 1. The van der Waals surface area contributed by atoms with Gasteiger partial charge in [0.1, 0.15) is 0 Å². The number of hydrogen-bond acceptors (Lipinski definition) is 6. The van der Waals surface area contributed by atoms with E-state index >= 15 is 0 Å². The zero-order valence-electron chi connectivity index (χ0n) is 15.2. The zero-order valence-corrected chi connectivity index (χ0v) is 15.2. The summed E-state index contributed by atoms with van der Waals surface area (Å²) in [5.41, 5.74) is 0.938. The molecule has 0 spiro atoms. The van der Waals surface area contributed by atoms with Crippen molar-refractivity contribution in [1.82, 2.24) is 10.2 Å². The third kappa shape index (κ3) is 3.75. The number of carbonyl (C=O) groups excluding carboxylic acids is 3. The summed E-state index contributed by atoms with van der Waals surface area (Å²) in [4.78, 5) is 39.3. The molecule has 0 aromatic heterocycles. The van der Waals surface area contributed by atoms with Crippen LogP contribution in [0.15, 0.2) is 48.5 Å². The van der Waals surface area contributed by atoms with Crippen molar-refractivity contribution in [2.45, 2.75) is 18.9 Å². The second-order valence-electron chi connectivity index (χ2n) is 6.80. The molecule has 2 aliphatic rings. The summed E-state index contributed by atoms with van der Waals surface area (Å²) in [6.07, 6.45) is 1.41. The lowest BCUT2D eigenvalue weighted by Gasteiger charge is -2.22. The second-order valence-corrected chi connectivity index (χ2v) is 6.80. The molecule has 2 aliphatic heterocycles. The molecule has 144 valence electrons. The van der Waals surface area contributed by atoms with Crippen LogP contribution in [0.3, 0.4) is 0 Å². The first-order chi connectivity index (χ1) is 13.6. The molecule has 1 fully saturated rings. The fraction of sp³-hybridized carbons (Fsp3) is 0.286. The van der Waals surface area contributed by atoms with Crippen LogP contribution in [0.5, 0.6) is 11.5 Å². The van der Waals surface area contributed by atoms with Gasteiger partial charge >= 0.3 is 0 Å². The lowest BCUT2D eigenvalue weighted by atomic mass is 10.1. The molecule has 28 heavy (non-hydrogen) atoms. The number of Topliss-reactive ketones (excluding diaryl/α,β-unsaturated/α-hetero) is 1. The van der Waals surface area contributed by atoms with Crippen LogP contribution < -0.4 is 14.8 Å². The number of nitrogens with zero attached hydrogens (tertiary/aromatic N) is 1. The van der Waals surface area contributed by atoms with Crippen molar-refractivity contribution in [2.75, 3.05) is 19.9 Å². The molecule has 0 saturated carbocycles. The van der Waals surface area contributed by atoms with E-state index in [9.17, 15) is 14.4 Å². The summed E-state index contributed by atoms with van der Waals surface area (Å²) < 4.78 is 10.6. The highest BCUT2D eigenvalue weighted by Gasteiger charge is 2.33. The first-order valence-corrected chi connectivity index (χ1v) is 9.19. The van der Waals surface area contributed by atoms with E-state index in [4.69, 9.17) is 9.47 Å². The van der Waals surface area contributed by atoms with E-state index in [1.807, 2.05) is 4.90 Å². The molecule has 2 heterocycles. The molecular formula is C21H20N2O5. The van der Waals surface area contributed by atoms with Crippen LogP contribution in [0.4, 0.5) is 0 Å². The predicted molar refractivity (Wildman–Crippen MR) is 100 cm³/mol. The summed E-state index contributed by atoms with van der Waals surface area (Å²) in [6, 6.07) is 13.2. The first-order valence-electron chi connectivity index (χ1n) is 9.19. The van der Waals surface area contributed by atoms with Crippen molar-refractivity contribution in [3.63, 3.8) is 0 Å². The minimum atomic E-state index is -0.495. The standard InChI is InChI=1S/C21H20N2O5/c24-17(15-8-9-18-19(11-15)28-13-27-18)12-23-10-4-7-16(23)21(26)22-20(25)14-5-2-1-3-6-14/h1-3,5-6,8-9,11,16H,4,7,10,12-13H2,(H,22,25,26)/t16-/m0/s1.